The highest BCUT2D eigenvalue weighted by Gasteiger charge is 2.48. The molecule has 164 valence electrons. The third-order valence-electron chi connectivity index (χ3n) is 5.43. The van der Waals surface area contributed by atoms with Crippen LogP contribution in [0, 0.1) is 0 Å². The van der Waals surface area contributed by atoms with Crippen LogP contribution in [0.25, 0.3) is 11.4 Å². The van der Waals surface area contributed by atoms with Gasteiger partial charge in [0.05, 0.1) is 7.11 Å². The standard InChI is InChI=1S/C22H20N4O6/c1-22(10-13-6-7-16-17(8-13)31-12-30-16)20(27)26(21(28)24-22)11-18-23-19(25-32-18)14-4-3-5-15(9-14)29-2/h3-9H,10-12H2,1-2H3,(H,24,28)/t22-/m0/s1. The number of methoxy groups -OCH3 is 1. The van der Waals surface area contributed by atoms with Gasteiger partial charge in [0.1, 0.15) is 17.8 Å². The van der Waals surface area contributed by atoms with Gasteiger partial charge in [-0.05, 0) is 36.8 Å². The second-order valence-corrected chi connectivity index (χ2v) is 7.76. The Morgan fingerprint density at radius 2 is 2.00 bits per heavy atom. The lowest BCUT2D eigenvalue weighted by molar-refractivity contribution is -0.131. The van der Waals surface area contributed by atoms with Crippen molar-refractivity contribution in [2.24, 2.45) is 0 Å². The third-order valence-corrected chi connectivity index (χ3v) is 5.43. The van der Waals surface area contributed by atoms with Crippen LogP contribution in [0.5, 0.6) is 17.2 Å². The van der Waals surface area contributed by atoms with E-state index in [2.05, 4.69) is 15.5 Å². The predicted molar refractivity (Wildman–Crippen MR) is 110 cm³/mol. The Labute approximate surface area is 183 Å². The fourth-order valence-electron chi connectivity index (χ4n) is 3.80. The normalized spacial score (nSPS) is 19.4. The third kappa shape index (κ3) is 3.49. The smallest absolute Gasteiger partial charge is 0.325 e. The Bertz CT molecular complexity index is 1210. The molecule has 0 spiro atoms. The lowest BCUT2D eigenvalue weighted by Gasteiger charge is -2.21. The zero-order valence-electron chi connectivity index (χ0n) is 17.5. The molecule has 10 nitrogen and oxygen atoms in total. The number of aromatic nitrogens is 2. The summed E-state index contributed by atoms with van der Waals surface area (Å²) >= 11 is 0. The summed E-state index contributed by atoms with van der Waals surface area (Å²) in [7, 11) is 1.57. The van der Waals surface area contributed by atoms with E-state index in [9.17, 15) is 9.59 Å². The van der Waals surface area contributed by atoms with Crippen LogP contribution in [-0.4, -0.2) is 46.4 Å². The number of carbonyl (C=O) groups is 2. The molecule has 0 bridgehead atoms. The van der Waals surface area contributed by atoms with Gasteiger partial charge in [0.15, 0.2) is 11.5 Å². The van der Waals surface area contributed by atoms with Gasteiger partial charge in [0.25, 0.3) is 5.91 Å². The minimum atomic E-state index is -1.11. The molecule has 0 saturated carbocycles. The van der Waals surface area contributed by atoms with E-state index in [1.807, 2.05) is 24.3 Å². The molecule has 2 aliphatic rings. The summed E-state index contributed by atoms with van der Waals surface area (Å²) in [5.41, 5.74) is 0.426. The number of hydrogen-bond acceptors (Lipinski definition) is 8. The zero-order valence-corrected chi connectivity index (χ0v) is 17.5. The summed E-state index contributed by atoms with van der Waals surface area (Å²) in [6.45, 7) is 1.73. The van der Waals surface area contributed by atoms with Crippen LogP contribution in [0.2, 0.25) is 0 Å². The Balaban J connectivity index is 1.31. The molecule has 10 heteroatoms. The molecule has 32 heavy (non-hydrogen) atoms. The lowest BCUT2D eigenvalue weighted by Crippen LogP contribution is -2.45. The van der Waals surface area contributed by atoms with Crippen molar-refractivity contribution in [1.82, 2.24) is 20.4 Å². The second kappa shape index (κ2) is 7.56. The molecular weight excluding hydrogens is 416 g/mol. The number of imide groups is 1. The van der Waals surface area contributed by atoms with Gasteiger partial charge in [0, 0.05) is 12.0 Å². The van der Waals surface area contributed by atoms with Crippen LogP contribution in [0.4, 0.5) is 4.79 Å². The zero-order chi connectivity index (χ0) is 22.3. The monoisotopic (exact) mass is 436 g/mol. The molecule has 1 fully saturated rings. The molecule has 0 radical (unpaired) electrons. The van der Waals surface area contributed by atoms with Gasteiger partial charge in [-0.3, -0.25) is 9.69 Å². The summed E-state index contributed by atoms with van der Waals surface area (Å²) in [5, 5.41) is 6.73. The van der Waals surface area contributed by atoms with E-state index in [-0.39, 0.29) is 25.1 Å². The summed E-state index contributed by atoms with van der Waals surface area (Å²) in [6.07, 6.45) is 0.295. The van der Waals surface area contributed by atoms with Crippen molar-refractivity contribution in [1.29, 1.82) is 0 Å². The summed E-state index contributed by atoms with van der Waals surface area (Å²) in [6, 6.07) is 12.1. The maximum Gasteiger partial charge on any atom is 0.325 e. The van der Waals surface area contributed by atoms with Crippen molar-refractivity contribution in [3.8, 4) is 28.6 Å². The van der Waals surface area contributed by atoms with Crippen LogP contribution in [0.1, 0.15) is 18.4 Å². The molecule has 5 rings (SSSR count). The van der Waals surface area contributed by atoms with Crippen molar-refractivity contribution >= 4 is 11.9 Å². The van der Waals surface area contributed by atoms with E-state index >= 15 is 0 Å². The summed E-state index contributed by atoms with van der Waals surface area (Å²) in [5.74, 6) is 2.05. The number of amides is 3. The maximum atomic E-state index is 13.1. The van der Waals surface area contributed by atoms with Crippen molar-refractivity contribution < 1.29 is 28.3 Å². The number of nitrogens with zero attached hydrogens (tertiary/aromatic N) is 3. The first-order chi connectivity index (χ1) is 15.4. The van der Waals surface area contributed by atoms with E-state index in [1.54, 1.807) is 32.2 Å². The maximum absolute atomic E-state index is 13.1. The van der Waals surface area contributed by atoms with Crippen LogP contribution >= 0.6 is 0 Å². The Kier molecular flexibility index (Phi) is 4.69. The Morgan fingerprint density at radius 3 is 2.84 bits per heavy atom. The van der Waals surface area contributed by atoms with Crippen molar-refractivity contribution in [3.63, 3.8) is 0 Å². The predicted octanol–water partition coefficient (Wildman–Crippen LogP) is 2.53. The SMILES string of the molecule is COc1cccc(-c2noc(CN3C(=O)N[C@@](C)(Cc4ccc5c(c4)OCO5)C3=O)n2)c1. The van der Waals surface area contributed by atoms with Crippen molar-refractivity contribution in [2.75, 3.05) is 13.9 Å². The largest absolute Gasteiger partial charge is 0.497 e. The fourth-order valence-corrected chi connectivity index (χ4v) is 3.80. The van der Waals surface area contributed by atoms with Crippen LogP contribution in [0.3, 0.4) is 0 Å². The average Bonchev–Trinajstić information content (AvgIpc) is 3.50. The highest BCUT2D eigenvalue weighted by atomic mass is 16.7. The van der Waals surface area contributed by atoms with E-state index in [4.69, 9.17) is 18.7 Å². The van der Waals surface area contributed by atoms with E-state index in [0.717, 1.165) is 10.5 Å². The minimum Gasteiger partial charge on any atom is -0.497 e. The van der Waals surface area contributed by atoms with Gasteiger partial charge in [-0.25, -0.2) is 4.79 Å². The molecule has 0 unspecified atom stereocenters. The summed E-state index contributed by atoms with van der Waals surface area (Å²) < 4.78 is 21.2. The van der Waals surface area contributed by atoms with E-state index in [0.29, 0.717) is 35.1 Å². The minimum absolute atomic E-state index is 0.127. The first-order valence-electron chi connectivity index (χ1n) is 9.95. The van der Waals surface area contributed by atoms with Gasteiger partial charge in [-0.15, -0.1) is 0 Å². The molecule has 1 N–H and O–H groups in total. The number of benzene rings is 2. The number of carbonyl (C=O) groups excluding carboxylic acids is 2. The molecule has 1 aromatic heterocycles. The molecule has 0 aliphatic carbocycles. The number of rotatable bonds is 6. The number of nitrogens with one attached hydrogen (secondary N) is 1. The first kappa shape index (κ1) is 19.9. The Hall–Kier alpha value is -4.08. The number of hydrogen-bond donors (Lipinski definition) is 1. The average molecular weight is 436 g/mol. The molecule has 3 amide bonds. The van der Waals surface area contributed by atoms with Crippen LogP contribution in [-0.2, 0) is 17.8 Å². The quantitative estimate of drug-likeness (QED) is 0.586. The molecule has 2 aliphatic heterocycles. The topological polar surface area (TPSA) is 116 Å². The molecule has 3 aromatic rings. The van der Waals surface area contributed by atoms with E-state index < -0.39 is 11.6 Å². The van der Waals surface area contributed by atoms with Gasteiger partial charge in [-0.1, -0.05) is 23.4 Å². The molecule has 2 aromatic carbocycles. The van der Waals surface area contributed by atoms with Gasteiger partial charge in [-0.2, -0.15) is 4.98 Å². The Morgan fingerprint density at radius 1 is 1.16 bits per heavy atom. The second-order valence-electron chi connectivity index (χ2n) is 7.76. The van der Waals surface area contributed by atoms with Crippen molar-refractivity contribution in [2.45, 2.75) is 25.4 Å². The number of ether oxygens (including phenoxy) is 3. The van der Waals surface area contributed by atoms with E-state index in [1.165, 1.54) is 0 Å². The molecule has 3 heterocycles. The van der Waals surface area contributed by atoms with Crippen LogP contribution in [0.15, 0.2) is 47.0 Å². The highest BCUT2D eigenvalue weighted by Crippen LogP contribution is 2.34. The number of urea groups is 1. The first-order valence-corrected chi connectivity index (χ1v) is 9.95. The highest BCUT2D eigenvalue weighted by molar-refractivity contribution is 6.06. The van der Waals surface area contributed by atoms with Gasteiger partial charge >= 0.3 is 6.03 Å². The molecule has 1 atom stereocenters. The fraction of sp³-hybridized carbons (Fsp3) is 0.273. The number of fused-ring (bicyclic) bond motifs is 1. The molecular formula is C22H20N4O6. The molecule has 1 saturated heterocycles. The van der Waals surface area contributed by atoms with Crippen molar-refractivity contribution in [3.05, 3.63) is 53.9 Å². The lowest BCUT2D eigenvalue weighted by atomic mass is 9.92. The van der Waals surface area contributed by atoms with Gasteiger partial charge in [0.2, 0.25) is 18.5 Å². The van der Waals surface area contributed by atoms with Crippen LogP contribution < -0.4 is 19.5 Å². The van der Waals surface area contributed by atoms with Gasteiger partial charge < -0.3 is 24.1 Å². The summed E-state index contributed by atoms with van der Waals surface area (Å²) in [4.78, 5) is 31.1.